The quantitative estimate of drug-likeness (QED) is 0.333. The van der Waals surface area contributed by atoms with Crippen molar-refractivity contribution in [3.05, 3.63) is 57.6 Å². The second-order valence-corrected chi connectivity index (χ2v) is 12.1. The molecule has 0 bridgehead atoms. The number of rotatable bonds is 7. The molecule has 2 aromatic rings. The zero-order valence-corrected chi connectivity index (χ0v) is 24.4. The van der Waals surface area contributed by atoms with Gasteiger partial charge in [-0.05, 0) is 83.0 Å². The number of nitrogens with zero attached hydrogens (tertiary/aromatic N) is 2. The highest BCUT2D eigenvalue weighted by molar-refractivity contribution is 8.10. The summed E-state index contributed by atoms with van der Waals surface area (Å²) in [5.74, 6) is 2.63. The van der Waals surface area contributed by atoms with Crippen LogP contribution in [0.5, 0.6) is 11.5 Å². The molecular formula is C30H40N2O4S2. The molecule has 0 aliphatic carbocycles. The number of thiocarbonyl (C=S) groups is 1. The number of methoxy groups -OCH3 is 2. The molecule has 8 heteroatoms. The lowest BCUT2D eigenvalue weighted by Gasteiger charge is -2.49. The summed E-state index contributed by atoms with van der Waals surface area (Å²) in [7, 11) is 3.38. The first-order valence-electron chi connectivity index (χ1n) is 13.8. The van der Waals surface area contributed by atoms with Crippen molar-refractivity contribution in [3.63, 3.8) is 0 Å². The highest BCUT2D eigenvalue weighted by Gasteiger charge is 2.41. The molecule has 0 unspecified atom stereocenters. The molecule has 5 rings (SSSR count). The Morgan fingerprint density at radius 3 is 2.26 bits per heavy atom. The van der Waals surface area contributed by atoms with Crippen molar-refractivity contribution in [2.24, 2.45) is 11.8 Å². The summed E-state index contributed by atoms with van der Waals surface area (Å²) in [5.41, 5.74) is 6.90. The van der Waals surface area contributed by atoms with E-state index in [1.54, 1.807) is 14.2 Å². The molecule has 0 spiro atoms. The maximum atomic E-state index is 9.98. The molecule has 3 heterocycles. The van der Waals surface area contributed by atoms with E-state index in [0.29, 0.717) is 22.2 Å². The number of aliphatic hydroxyl groups excluding tert-OH is 2. The van der Waals surface area contributed by atoms with Gasteiger partial charge in [0.05, 0.1) is 33.5 Å². The van der Waals surface area contributed by atoms with E-state index < -0.39 is 0 Å². The molecule has 1 saturated heterocycles. The second kappa shape index (κ2) is 11.7. The van der Waals surface area contributed by atoms with E-state index in [9.17, 15) is 10.2 Å². The number of thiol groups is 1. The highest BCUT2D eigenvalue weighted by Crippen LogP contribution is 2.48. The topological polar surface area (TPSA) is 65.4 Å². The van der Waals surface area contributed by atoms with Gasteiger partial charge in [0.25, 0.3) is 0 Å². The van der Waals surface area contributed by atoms with Crippen molar-refractivity contribution in [1.29, 1.82) is 0 Å². The fourth-order valence-corrected chi connectivity index (χ4v) is 7.63. The van der Waals surface area contributed by atoms with Crippen molar-refractivity contribution in [2.45, 2.75) is 64.3 Å². The molecule has 2 aromatic carbocycles. The van der Waals surface area contributed by atoms with E-state index in [2.05, 4.69) is 53.6 Å². The van der Waals surface area contributed by atoms with Crippen LogP contribution in [0.25, 0.3) is 0 Å². The normalized spacial score (nSPS) is 24.8. The molecule has 0 saturated carbocycles. The van der Waals surface area contributed by atoms with E-state index >= 15 is 0 Å². The van der Waals surface area contributed by atoms with Crippen molar-refractivity contribution in [2.75, 3.05) is 33.9 Å². The average molecular weight is 557 g/mol. The maximum absolute atomic E-state index is 9.98. The van der Waals surface area contributed by atoms with Gasteiger partial charge in [-0.2, -0.15) is 0 Å². The van der Waals surface area contributed by atoms with Gasteiger partial charge >= 0.3 is 0 Å². The van der Waals surface area contributed by atoms with Crippen molar-refractivity contribution < 1.29 is 19.7 Å². The standard InChI is InChI=1S/C30H40N2O4S2/c1-4-18-15-31-7-5-19-9-22(16-33)23(17-34)10-24(19)26(31)11-21(18)12-27-25-14-29(36-3)28(35-2)13-20(25)6-8-32(27)30(37)38/h9-10,13-14,18,21,26-27,33-34H,4-8,11-12,15-17H2,1-3H3,(H,37,38)/t18-,21+,26-,27+/m0/s1. The van der Waals surface area contributed by atoms with E-state index in [1.165, 1.54) is 22.3 Å². The second-order valence-electron chi connectivity index (χ2n) is 10.9. The minimum Gasteiger partial charge on any atom is -0.493 e. The van der Waals surface area contributed by atoms with Crippen molar-refractivity contribution in [3.8, 4) is 11.5 Å². The zero-order valence-electron chi connectivity index (χ0n) is 22.7. The van der Waals surface area contributed by atoms with E-state index in [-0.39, 0.29) is 19.3 Å². The number of ether oxygens (including phenoxy) is 2. The van der Waals surface area contributed by atoms with Gasteiger partial charge in [0, 0.05) is 25.7 Å². The largest absolute Gasteiger partial charge is 0.493 e. The van der Waals surface area contributed by atoms with Gasteiger partial charge in [-0.1, -0.05) is 37.7 Å². The Hall–Kier alpha value is -1.84. The Kier molecular flexibility index (Phi) is 8.55. The van der Waals surface area contributed by atoms with Crippen LogP contribution in [0.3, 0.4) is 0 Å². The minimum atomic E-state index is -0.0462. The monoisotopic (exact) mass is 556 g/mol. The highest BCUT2D eigenvalue weighted by atomic mass is 32.1. The third kappa shape index (κ3) is 5.06. The van der Waals surface area contributed by atoms with Crippen LogP contribution < -0.4 is 9.47 Å². The third-order valence-corrected chi connectivity index (χ3v) is 9.72. The predicted molar refractivity (Wildman–Crippen MR) is 157 cm³/mol. The molecule has 1 fully saturated rings. The Morgan fingerprint density at radius 1 is 0.947 bits per heavy atom. The first-order chi connectivity index (χ1) is 18.4. The number of fused-ring (bicyclic) bond motifs is 4. The molecule has 3 aliphatic heterocycles. The van der Waals surface area contributed by atoms with Crippen LogP contribution in [0.15, 0.2) is 24.3 Å². The summed E-state index contributed by atoms with van der Waals surface area (Å²) in [6.45, 7) is 5.21. The van der Waals surface area contributed by atoms with Gasteiger partial charge in [-0.3, -0.25) is 4.90 Å². The molecule has 38 heavy (non-hydrogen) atoms. The number of piperidine rings is 1. The molecule has 0 amide bonds. The zero-order chi connectivity index (χ0) is 27.0. The lowest BCUT2D eigenvalue weighted by Crippen LogP contribution is -2.47. The van der Waals surface area contributed by atoms with E-state index in [0.717, 1.165) is 74.4 Å². The average Bonchev–Trinajstić information content (AvgIpc) is 2.94. The van der Waals surface area contributed by atoms with Crippen molar-refractivity contribution in [1.82, 2.24) is 9.80 Å². The molecular weight excluding hydrogens is 516 g/mol. The molecule has 0 radical (unpaired) electrons. The molecule has 2 N–H and O–H groups in total. The SMILES string of the molecule is CC[C@H]1CN2CCc3cc(CO)c(CO)cc3[C@@H]2C[C@@H]1C[C@@H]1c2cc(OC)c(OC)cc2CCN1C(=S)S. The Bertz CT molecular complexity index is 1190. The smallest absolute Gasteiger partial charge is 0.161 e. The van der Waals surface area contributed by atoms with Crippen LogP contribution in [0, 0.1) is 11.8 Å². The summed E-state index contributed by atoms with van der Waals surface area (Å²) in [6, 6.07) is 9.02. The fourth-order valence-electron chi connectivity index (χ4n) is 7.17. The summed E-state index contributed by atoms with van der Waals surface area (Å²) < 4.78 is 11.9. The van der Waals surface area contributed by atoms with Crippen LogP contribution in [-0.2, 0) is 26.1 Å². The summed E-state index contributed by atoms with van der Waals surface area (Å²) in [5, 5.41) is 19.8. The third-order valence-electron chi connectivity index (χ3n) is 9.23. The Balaban J connectivity index is 1.49. The summed E-state index contributed by atoms with van der Waals surface area (Å²) >= 11 is 10.3. The molecule has 206 valence electrons. The van der Waals surface area contributed by atoms with Crippen LogP contribution in [0.2, 0.25) is 0 Å². The molecule has 4 atom stereocenters. The first kappa shape index (κ1) is 27.7. The summed E-state index contributed by atoms with van der Waals surface area (Å²) in [6.07, 6.45) is 5.10. The van der Waals surface area contributed by atoms with Gasteiger partial charge in [0.15, 0.2) is 11.5 Å². The number of benzene rings is 2. The molecule has 3 aliphatic rings. The number of hydrogen-bond acceptors (Lipinski definition) is 6. The fraction of sp³-hybridized carbons (Fsp3) is 0.567. The predicted octanol–water partition coefficient (Wildman–Crippen LogP) is 4.84. The van der Waals surface area contributed by atoms with Crippen LogP contribution >= 0.6 is 24.8 Å². The first-order valence-corrected chi connectivity index (χ1v) is 14.6. The lowest BCUT2D eigenvalue weighted by molar-refractivity contribution is 0.0381. The Morgan fingerprint density at radius 2 is 1.61 bits per heavy atom. The number of aliphatic hydroxyl groups is 2. The lowest BCUT2D eigenvalue weighted by atomic mass is 9.72. The van der Waals surface area contributed by atoms with Gasteiger partial charge < -0.3 is 24.6 Å². The van der Waals surface area contributed by atoms with Crippen LogP contribution in [0.1, 0.15) is 71.7 Å². The van der Waals surface area contributed by atoms with Crippen molar-refractivity contribution >= 4 is 29.2 Å². The van der Waals surface area contributed by atoms with E-state index in [4.69, 9.17) is 21.7 Å². The molecule has 6 nitrogen and oxygen atoms in total. The van der Waals surface area contributed by atoms with Gasteiger partial charge in [-0.25, -0.2) is 0 Å². The van der Waals surface area contributed by atoms with E-state index in [1.807, 2.05) is 0 Å². The Labute approximate surface area is 237 Å². The van der Waals surface area contributed by atoms with Crippen LogP contribution in [-0.4, -0.2) is 58.2 Å². The minimum absolute atomic E-state index is 0.0348. The van der Waals surface area contributed by atoms with Gasteiger partial charge in [-0.15, -0.1) is 12.6 Å². The van der Waals surface area contributed by atoms with Gasteiger partial charge in [0.2, 0.25) is 0 Å². The molecule has 0 aromatic heterocycles. The maximum Gasteiger partial charge on any atom is 0.161 e. The number of hydrogen-bond donors (Lipinski definition) is 3. The summed E-state index contributed by atoms with van der Waals surface area (Å²) in [4.78, 5) is 4.94. The van der Waals surface area contributed by atoms with Crippen LogP contribution in [0.4, 0.5) is 0 Å². The van der Waals surface area contributed by atoms with Gasteiger partial charge in [0.1, 0.15) is 4.32 Å².